The first-order valence-corrected chi connectivity index (χ1v) is 6.74. The second-order valence-corrected chi connectivity index (χ2v) is 5.13. The lowest BCUT2D eigenvalue weighted by molar-refractivity contribution is -0.133. The highest BCUT2D eigenvalue weighted by molar-refractivity contribution is 5.94. The lowest BCUT2D eigenvalue weighted by atomic mass is 10.0. The molecular formula is C18H16O4. The third-order valence-electron chi connectivity index (χ3n) is 3.33. The van der Waals surface area contributed by atoms with Crippen LogP contribution in [0.2, 0.25) is 0 Å². The van der Waals surface area contributed by atoms with Crippen molar-refractivity contribution < 1.29 is 19.8 Å². The first kappa shape index (κ1) is 15.5. The molecule has 4 nitrogen and oxygen atoms in total. The van der Waals surface area contributed by atoms with Crippen LogP contribution in [-0.2, 0) is 9.59 Å². The Labute approximate surface area is 128 Å². The minimum Gasteiger partial charge on any atom is -0.478 e. The van der Waals surface area contributed by atoms with Gasteiger partial charge in [-0.1, -0.05) is 24.3 Å². The van der Waals surface area contributed by atoms with E-state index in [9.17, 15) is 9.59 Å². The molecule has 0 unspecified atom stereocenters. The highest BCUT2D eigenvalue weighted by atomic mass is 16.4. The van der Waals surface area contributed by atoms with E-state index < -0.39 is 11.9 Å². The lowest BCUT2D eigenvalue weighted by Gasteiger charge is -2.03. The number of fused-ring (bicyclic) bond motifs is 1. The molecule has 0 radical (unpaired) electrons. The molecule has 4 heteroatoms. The van der Waals surface area contributed by atoms with Crippen molar-refractivity contribution in [2.75, 3.05) is 0 Å². The Hall–Kier alpha value is -2.88. The van der Waals surface area contributed by atoms with Crippen molar-refractivity contribution in [2.24, 2.45) is 0 Å². The van der Waals surface area contributed by atoms with Crippen LogP contribution in [0.25, 0.3) is 22.9 Å². The van der Waals surface area contributed by atoms with E-state index >= 15 is 0 Å². The maximum Gasteiger partial charge on any atom is 0.331 e. The third kappa shape index (κ3) is 3.61. The summed E-state index contributed by atoms with van der Waals surface area (Å²) in [6, 6.07) is 11.3. The van der Waals surface area contributed by atoms with Gasteiger partial charge >= 0.3 is 11.9 Å². The van der Waals surface area contributed by atoms with E-state index in [0.29, 0.717) is 0 Å². The molecule has 0 saturated carbocycles. The fraction of sp³-hybridized carbons (Fsp3) is 0.111. The van der Waals surface area contributed by atoms with Gasteiger partial charge in [0.25, 0.3) is 0 Å². The highest BCUT2D eigenvalue weighted by Crippen LogP contribution is 2.21. The molecule has 2 rings (SSSR count). The first-order valence-electron chi connectivity index (χ1n) is 6.74. The predicted molar refractivity (Wildman–Crippen MR) is 86.5 cm³/mol. The molecule has 0 aliphatic carbocycles. The van der Waals surface area contributed by atoms with Crippen molar-refractivity contribution >= 4 is 34.9 Å². The Morgan fingerprint density at radius 2 is 1.18 bits per heavy atom. The van der Waals surface area contributed by atoms with E-state index in [1.165, 1.54) is 0 Å². The van der Waals surface area contributed by atoms with Crippen LogP contribution < -0.4 is 0 Å². The normalized spacial score (nSPS) is 12.5. The fourth-order valence-corrected chi connectivity index (χ4v) is 2.09. The van der Waals surface area contributed by atoms with Gasteiger partial charge in [-0.3, -0.25) is 0 Å². The van der Waals surface area contributed by atoms with E-state index in [-0.39, 0.29) is 11.1 Å². The predicted octanol–water partition coefficient (Wildman–Crippen LogP) is 3.82. The summed E-state index contributed by atoms with van der Waals surface area (Å²) in [5, 5.41) is 19.8. The summed E-state index contributed by atoms with van der Waals surface area (Å²) in [7, 11) is 0. The minimum atomic E-state index is -0.950. The molecule has 0 atom stereocenters. The SMILES string of the molecule is C/C(=C\c1ccc2ccc(/C=C(\C)C(=O)O)cc2c1)C(=O)O. The fourth-order valence-electron chi connectivity index (χ4n) is 2.09. The second-order valence-electron chi connectivity index (χ2n) is 5.13. The van der Waals surface area contributed by atoms with Crippen LogP contribution in [0.15, 0.2) is 47.5 Å². The number of hydrogen-bond donors (Lipinski definition) is 2. The lowest BCUT2D eigenvalue weighted by Crippen LogP contribution is -1.95. The molecule has 0 aromatic heterocycles. The minimum absolute atomic E-state index is 0.261. The van der Waals surface area contributed by atoms with Gasteiger partial charge in [0.1, 0.15) is 0 Å². The van der Waals surface area contributed by atoms with Crippen LogP contribution >= 0.6 is 0 Å². The van der Waals surface area contributed by atoms with Crippen molar-refractivity contribution in [3.63, 3.8) is 0 Å². The molecule has 0 amide bonds. The standard InChI is InChI=1S/C18H16O4/c1-11(17(19)20)7-13-3-5-15-6-4-14(10-16(15)9-13)8-12(2)18(21)22/h3-10H,1-2H3,(H,19,20)(H,21,22)/b11-7+,12-8+. The van der Waals surface area contributed by atoms with E-state index in [2.05, 4.69) is 0 Å². The smallest absolute Gasteiger partial charge is 0.331 e. The Kier molecular flexibility index (Phi) is 4.41. The molecular weight excluding hydrogens is 280 g/mol. The molecule has 0 spiro atoms. The Morgan fingerprint density at radius 3 is 1.55 bits per heavy atom. The molecule has 0 aliphatic rings. The zero-order valence-corrected chi connectivity index (χ0v) is 12.3. The molecule has 0 aliphatic heterocycles. The number of benzene rings is 2. The number of carboxylic acids is 2. The quantitative estimate of drug-likeness (QED) is 0.841. The average Bonchev–Trinajstić information content (AvgIpc) is 2.46. The molecule has 0 saturated heterocycles. The summed E-state index contributed by atoms with van der Waals surface area (Å²) in [6.07, 6.45) is 3.21. The number of rotatable bonds is 4. The van der Waals surface area contributed by atoms with Gasteiger partial charge in [0, 0.05) is 11.1 Å². The summed E-state index contributed by atoms with van der Waals surface area (Å²) in [4.78, 5) is 21.7. The molecule has 0 fully saturated rings. The van der Waals surface area contributed by atoms with Crippen molar-refractivity contribution in [2.45, 2.75) is 13.8 Å². The molecule has 0 bridgehead atoms. The van der Waals surface area contributed by atoms with Crippen LogP contribution in [0.4, 0.5) is 0 Å². The number of carbonyl (C=O) groups is 2. The van der Waals surface area contributed by atoms with E-state index in [1.54, 1.807) is 26.0 Å². The Morgan fingerprint density at radius 1 is 0.773 bits per heavy atom. The zero-order valence-electron chi connectivity index (χ0n) is 12.3. The largest absolute Gasteiger partial charge is 0.478 e. The summed E-state index contributed by atoms with van der Waals surface area (Å²) >= 11 is 0. The first-order chi connectivity index (χ1) is 10.4. The number of aliphatic carboxylic acids is 2. The molecule has 2 aromatic rings. The molecule has 2 aromatic carbocycles. The van der Waals surface area contributed by atoms with Crippen LogP contribution in [0.5, 0.6) is 0 Å². The summed E-state index contributed by atoms with van der Waals surface area (Å²) < 4.78 is 0. The van der Waals surface area contributed by atoms with Gasteiger partial charge in [-0.2, -0.15) is 0 Å². The second kappa shape index (κ2) is 6.26. The maximum atomic E-state index is 10.9. The maximum absolute atomic E-state index is 10.9. The van der Waals surface area contributed by atoms with Gasteiger partial charge in [-0.25, -0.2) is 9.59 Å². The van der Waals surface area contributed by atoms with Gasteiger partial charge in [-0.05, 0) is 60.0 Å². The summed E-state index contributed by atoms with van der Waals surface area (Å²) in [5.74, 6) is -1.90. The topological polar surface area (TPSA) is 74.6 Å². The van der Waals surface area contributed by atoms with Gasteiger partial charge in [0.2, 0.25) is 0 Å². The van der Waals surface area contributed by atoms with Gasteiger partial charge in [0.15, 0.2) is 0 Å². The summed E-state index contributed by atoms with van der Waals surface area (Å²) in [5.41, 5.74) is 2.11. The van der Waals surface area contributed by atoms with Crippen LogP contribution in [0.3, 0.4) is 0 Å². The van der Waals surface area contributed by atoms with Crippen LogP contribution in [0.1, 0.15) is 25.0 Å². The molecule has 22 heavy (non-hydrogen) atoms. The summed E-state index contributed by atoms with van der Waals surface area (Å²) in [6.45, 7) is 3.09. The molecule has 2 N–H and O–H groups in total. The Bertz CT molecular complexity index is 748. The third-order valence-corrected chi connectivity index (χ3v) is 3.33. The van der Waals surface area contributed by atoms with E-state index in [4.69, 9.17) is 10.2 Å². The number of hydrogen-bond acceptors (Lipinski definition) is 2. The van der Waals surface area contributed by atoms with Crippen molar-refractivity contribution in [3.05, 3.63) is 58.7 Å². The van der Waals surface area contributed by atoms with E-state index in [1.807, 2.05) is 36.4 Å². The molecule has 0 heterocycles. The van der Waals surface area contributed by atoms with Crippen molar-refractivity contribution in [3.8, 4) is 0 Å². The molecule has 112 valence electrons. The van der Waals surface area contributed by atoms with Crippen LogP contribution in [-0.4, -0.2) is 22.2 Å². The van der Waals surface area contributed by atoms with Crippen molar-refractivity contribution in [1.82, 2.24) is 0 Å². The van der Waals surface area contributed by atoms with Gasteiger partial charge in [-0.15, -0.1) is 0 Å². The average molecular weight is 296 g/mol. The van der Waals surface area contributed by atoms with Crippen LogP contribution in [0, 0.1) is 0 Å². The van der Waals surface area contributed by atoms with Crippen molar-refractivity contribution in [1.29, 1.82) is 0 Å². The van der Waals surface area contributed by atoms with Gasteiger partial charge < -0.3 is 10.2 Å². The monoisotopic (exact) mass is 296 g/mol. The Balaban J connectivity index is 2.47. The highest BCUT2D eigenvalue weighted by Gasteiger charge is 2.03. The zero-order chi connectivity index (χ0) is 16.3. The number of carboxylic acid groups (broad SMARTS) is 2. The van der Waals surface area contributed by atoms with E-state index in [0.717, 1.165) is 21.9 Å². The van der Waals surface area contributed by atoms with Gasteiger partial charge in [0.05, 0.1) is 0 Å².